The summed E-state index contributed by atoms with van der Waals surface area (Å²) in [6.07, 6.45) is 3.55. The Bertz CT molecular complexity index is 1300. The van der Waals surface area contributed by atoms with E-state index in [1.807, 2.05) is 42.5 Å². The number of para-hydroxylation sites is 1. The van der Waals surface area contributed by atoms with E-state index in [0.29, 0.717) is 31.6 Å². The zero-order valence-electron chi connectivity index (χ0n) is 17.6. The summed E-state index contributed by atoms with van der Waals surface area (Å²) in [6.45, 7) is 1.54. The monoisotopic (exact) mass is 444 g/mol. The van der Waals surface area contributed by atoms with Gasteiger partial charge >= 0.3 is 0 Å². The standard InChI is InChI=1S/C26H24N2O3S/c29-26(27-16-13-21(14-17-27)20-7-2-1-3-8-20)23-10-6-11-24(19-23)32(30,31)28-18-15-22-9-4-5-12-25(22)28/h1-13,19H,14-18H2. The van der Waals surface area contributed by atoms with Gasteiger partial charge in [0, 0.05) is 25.2 Å². The molecule has 0 spiro atoms. The molecule has 5 rings (SSSR count). The molecular formula is C26H24N2O3S. The Morgan fingerprint density at radius 2 is 1.59 bits per heavy atom. The number of hydrogen-bond donors (Lipinski definition) is 0. The van der Waals surface area contributed by atoms with Gasteiger partial charge in [0.05, 0.1) is 10.6 Å². The maximum atomic E-state index is 13.3. The molecule has 0 saturated carbocycles. The molecule has 2 aliphatic rings. The normalized spacial score (nSPS) is 15.9. The molecule has 162 valence electrons. The number of anilines is 1. The van der Waals surface area contributed by atoms with Crippen LogP contribution in [0.3, 0.4) is 0 Å². The molecule has 3 aromatic carbocycles. The van der Waals surface area contributed by atoms with Crippen molar-refractivity contribution in [2.45, 2.75) is 17.7 Å². The third-order valence-electron chi connectivity index (χ3n) is 6.15. The minimum atomic E-state index is -3.73. The van der Waals surface area contributed by atoms with Gasteiger partial charge in [-0.05, 0) is 53.8 Å². The van der Waals surface area contributed by atoms with Crippen molar-refractivity contribution in [1.29, 1.82) is 0 Å². The molecular weight excluding hydrogens is 420 g/mol. The van der Waals surface area contributed by atoms with Gasteiger partial charge in [-0.15, -0.1) is 0 Å². The molecule has 0 N–H and O–H groups in total. The molecule has 1 amide bonds. The first-order valence-electron chi connectivity index (χ1n) is 10.8. The Labute approximate surface area is 188 Å². The van der Waals surface area contributed by atoms with Gasteiger partial charge in [0.15, 0.2) is 0 Å². The first kappa shape index (κ1) is 20.5. The van der Waals surface area contributed by atoms with Gasteiger partial charge < -0.3 is 4.90 Å². The van der Waals surface area contributed by atoms with Crippen LogP contribution in [0.4, 0.5) is 5.69 Å². The lowest BCUT2D eigenvalue weighted by Crippen LogP contribution is -2.35. The fourth-order valence-electron chi connectivity index (χ4n) is 4.43. The lowest BCUT2D eigenvalue weighted by Gasteiger charge is -2.27. The fraction of sp³-hybridized carbons (Fsp3) is 0.192. The van der Waals surface area contributed by atoms with Crippen LogP contribution in [-0.4, -0.2) is 38.9 Å². The molecule has 2 aliphatic heterocycles. The number of carbonyl (C=O) groups excluding carboxylic acids is 1. The van der Waals surface area contributed by atoms with Crippen LogP contribution in [0, 0.1) is 0 Å². The summed E-state index contributed by atoms with van der Waals surface area (Å²) in [7, 11) is -3.73. The minimum Gasteiger partial charge on any atom is -0.335 e. The third kappa shape index (κ3) is 3.71. The topological polar surface area (TPSA) is 57.7 Å². The van der Waals surface area contributed by atoms with Crippen molar-refractivity contribution in [3.8, 4) is 0 Å². The van der Waals surface area contributed by atoms with Crippen molar-refractivity contribution in [1.82, 2.24) is 4.90 Å². The molecule has 0 bridgehead atoms. The number of amides is 1. The van der Waals surface area contributed by atoms with Crippen LogP contribution < -0.4 is 4.31 Å². The Balaban J connectivity index is 1.37. The molecule has 0 fully saturated rings. The Kier molecular flexibility index (Phi) is 5.31. The van der Waals surface area contributed by atoms with Crippen LogP contribution in [0.5, 0.6) is 0 Å². The van der Waals surface area contributed by atoms with E-state index >= 15 is 0 Å². The highest BCUT2D eigenvalue weighted by Crippen LogP contribution is 2.33. The molecule has 0 saturated heterocycles. The highest BCUT2D eigenvalue weighted by Gasteiger charge is 2.31. The zero-order valence-corrected chi connectivity index (χ0v) is 18.5. The van der Waals surface area contributed by atoms with Crippen molar-refractivity contribution in [3.63, 3.8) is 0 Å². The first-order valence-corrected chi connectivity index (χ1v) is 12.2. The molecule has 0 atom stereocenters. The predicted molar refractivity (Wildman–Crippen MR) is 126 cm³/mol. The van der Waals surface area contributed by atoms with Crippen LogP contribution in [0.2, 0.25) is 0 Å². The second-order valence-corrected chi connectivity index (χ2v) is 9.94. The van der Waals surface area contributed by atoms with E-state index in [9.17, 15) is 13.2 Å². The number of hydrogen-bond acceptors (Lipinski definition) is 3. The highest BCUT2D eigenvalue weighted by atomic mass is 32.2. The number of sulfonamides is 1. The summed E-state index contributed by atoms with van der Waals surface area (Å²) >= 11 is 0. The maximum absolute atomic E-state index is 13.3. The summed E-state index contributed by atoms with van der Waals surface area (Å²) in [5.74, 6) is -0.146. The smallest absolute Gasteiger partial charge is 0.264 e. The first-order chi connectivity index (χ1) is 15.5. The predicted octanol–water partition coefficient (Wildman–Crippen LogP) is 4.37. The molecule has 32 heavy (non-hydrogen) atoms. The van der Waals surface area contributed by atoms with E-state index in [1.165, 1.54) is 21.5 Å². The van der Waals surface area contributed by atoms with Crippen LogP contribution in [0.15, 0.2) is 89.8 Å². The molecule has 6 heteroatoms. The van der Waals surface area contributed by atoms with Crippen molar-refractivity contribution in [2.75, 3.05) is 23.9 Å². The fourth-order valence-corrected chi connectivity index (χ4v) is 5.97. The lowest BCUT2D eigenvalue weighted by molar-refractivity contribution is 0.0772. The van der Waals surface area contributed by atoms with E-state index in [2.05, 4.69) is 18.2 Å². The van der Waals surface area contributed by atoms with Crippen molar-refractivity contribution in [2.24, 2.45) is 0 Å². The van der Waals surface area contributed by atoms with E-state index in [1.54, 1.807) is 23.1 Å². The largest absolute Gasteiger partial charge is 0.335 e. The quantitative estimate of drug-likeness (QED) is 0.601. The molecule has 5 nitrogen and oxygen atoms in total. The van der Waals surface area contributed by atoms with E-state index < -0.39 is 10.0 Å². The lowest BCUT2D eigenvalue weighted by atomic mass is 9.99. The number of fused-ring (bicyclic) bond motifs is 1. The van der Waals surface area contributed by atoms with E-state index in [-0.39, 0.29) is 10.8 Å². The second kappa shape index (κ2) is 8.28. The van der Waals surface area contributed by atoms with Crippen LogP contribution in [0.25, 0.3) is 5.57 Å². The van der Waals surface area contributed by atoms with Crippen molar-refractivity contribution < 1.29 is 13.2 Å². The number of benzene rings is 3. The number of carbonyl (C=O) groups is 1. The van der Waals surface area contributed by atoms with Crippen molar-refractivity contribution >= 4 is 27.2 Å². The molecule has 0 unspecified atom stereocenters. The summed E-state index contributed by atoms with van der Waals surface area (Å²) < 4.78 is 28.1. The van der Waals surface area contributed by atoms with Crippen LogP contribution >= 0.6 is 0 Å². The van der Waals surface area contributed by atoms with Gasteiger partial charge in [-0.3, -0.25) is 9.10 Å². The number of nitrogens with zero attached hydrogens (tertiary/aromatic N) is 2. The van der Waals surface area contributed by atoms with E-state index in [4.69, 9.17) is 0 Å². The minimum absolute atomic E-state index is 0.146. The third-order valence-corrected chi connectivity index (χ3v) is 7.96. The van der Waals surface area contributed by atoms with Gasteiger partial charge in [-0.1, -0.05) is 60.7 Å². The summed E-state index contributed by atoms with van der Waals surface area (Å²) in [5.41, 5.74) is 4.56. The van der Waals surface area contributed by atoms with Gasteiger partial charge in [0.25, 0.3) is 15.9 Å². The highest BCUT2D eigenvalue weighted by molar-refractivity contribution is 7.92. The Morgan fingerprint density at radius 3 is 2.38 bits per heavy atom. The van der Waals surface area contributed by atoms with E-state index in [0.717, 1.165) is 17.7 Å². The molecule has 0 radical (unpaired) electrons. The van der Waals surface area contributed by atoms with Gasteiger partial charge in [0.2, 0.25) is 0 Å². The second-order valence-electron chi connectivity index (χ2n) is 8.08. The zero-order chi connectivity index (χ0) is 22.1. The average Bonchev–Trinajstić information content (AvgIpc) is 3.29. The maximum Gasteiger partial charge on any atom is 0.264 e. The van der Waals surface area contributed by atoms with Gasteiger partial charge in [-0.2, -0.15) is 0 Å². The molecule has 0 aromatic heterocycles. The summed E-state index contributed by atoms with van der Waals surface area (Å²) in [6, 6.07) is 24.1. The average molecular weight is 445 g/mol. The molecule has 2 heterocycles. The SMILES string of the molecule is O=C(c1cccc(S(=O)(=O)N2CCc3ccccc32)c1)N1CC=C(c2ccccc2)CC1. The molecule has 0 aliphatic carbocycles. The number of rotatable bonds is 4. The van der Waals surface area contributed by atoms with Gasteiger partial charge in [-0.25, -0.2) is 8.42 Å². The van der Waals surface area contributed by atoms with Crippen LogP contribution in [0.1, 0.15) is 27.9 Å². The van der Waals surface area contributed by atoms with Crippen LogP contribution in [-0.2, 0) is 16.4 Å². The summed E-state index contributed by atoms with van der Waals surface area (Å²) in [5, 5.41) is 0. The Hall–Kier alpha value is -3.38. The molecule has 3 aromatic rings. The Morgan fingerprint density at radius 1 is 0.812 bits per heavy atom. The van der Waals surface area contributed by atoms with Crippen molar-refractivity contribution in [3.05, 3.63) is 102 Å². The summed E-state index contributed by atoms with van der Waals surface area (Å²) in [4.78, 5) is 15.0. The van der Waals surface area contributed by atoms with Gasteiger partial charge in [0.1, 0.15) is 0 Å².